The Bertz CT molecular complexity index is 1990. The molecule has 0 aliphatic heterocycles. The molecule has 0 N–H and O–H groups in total. The minimum atomic E-state index is -0.331. The molecule has 8 nitrogen and oxygen atoms in total. The number of hydrogen-bond donors (Lipinski definition) is 0. The van der Waals surface area contributed by atoms with Gasteiger partial charge in [-0.15, -0.1) is 0 Å². The molecule has 0 amide bonds. The first kappa shape index (κ1) is 30.3. The molecule has 222 valence electrons. The predicted molar refractivity (Wildman–Crippen MR) is 173 cm³/mol. The Morgan fingerprint density at radius 1 is 1.02 bits per heavy atom. The number of para-hydroxylation sites is 1. The van der Waals surface area contributed by atoms with Crippen molar-refractivity contribution < 1.29 is 14.2 Å². The van der Waals surface area contributed by atoms with Crippen molar-refractivity contribution in [2.45, 2.75) is 33.3 Å². The van der Waals surface area contributed by atoms with Crippen LogP contribution in [0.3, 0.4) is 0 Å². The van der Waals surface area contributed by atoms with E-state index in [-0.39, 0.29) is 18.1 Å². The van der Waals surface area contributed by atoms with Gasteiger partial charge in [-0.25, -0.2) is 4.98 Å². The zero-order valence-corrected chi connectivity index (χ0v) is 25.8. The van der Waals surface area contributed by atoms with Crippen LogP contribution < -0.4 is 19.8 Å². The molecular formula is C35H31ClN4O4. The molecule has 44 heavy (non-hydrogen) atoms. The van der Waals surface area contributed by atoms with Crippen molar-refractivity contribution in [3.8, 4) is 34.7 Å². The molecule has 0 spiro atoms. The van der Waals surface area contributed by atoms with Gasteiger partial charge in [0.25, 0.3) is 5.56 Å². The van der Waals surface area contributed by atoms with E-state index in [4.69, 9.17) is 30.8 Å². The van der Waals surface area contributed by atoms with Crippen molar-refractivity contribution in [3.05, 3.63) is 116 Å². The molecule has 5 rings (SSSR count). The van der Waals surface area contributed by atoms with Crippen LogP contribution in [0.5, 0.6) is 17.2 Å². The topological polar surface area (TPSA) is 98.7 Å². The van der Waals surface area contributed by atoms with Gasteiger partial charge >= 0.3 is 0 Å². The van der Waals surface area contributed by atoms with Crippen LogP contribution in [0.2, 0.25) is 5.02 Å². The second kappa shape index (κ2) is 13.0. The Hall–Kier alpha value is -5.13. The first-order chi connectivity index (χ1) is 21.2. The van der Waals surface area contributed by atoms with Gasteiger partial charge in [-0.05, 0) is 60.4 Å². The van der Waals surface area contributed by atoms with Crippen LogP contribution in [0.4, 0.5) is 0 Å². The first-order valence-electron chi connectivity index (χ1n) is 14.0. The number of rotatable bonds is 9. The number of nitrogens with zero attached hydrogens (tertiary/aromatic N) is 4. The zero-order chi connectivity index (χ0) is 31.4. The van der Waals surface area contributed by atoms with E-state index in [2.05, 4.69) is 25.0 Å². The highest BCUT2D eigenvalue weighted by Crippen LogP contribution is 2.36. The fourth-order valence-corrected chi connectivity index (χ4v) is 5.20. The summed E-state index contributed by atoms with van der Waals surface area (Å²) in [7, 11) is 3.16. The minimum absolute atomic E-state index is 0.105. The third-order valence-corrected chi connectivity index (χ3v) is 7.50. The lowest BCUT2D eigenvalue weighted by Crippen LogP contribution is -2.21. The summed E-state index contributed by atoms with van der Waals surface area (Å²) in [6.45, 7) is 6.22. The second-order valence-electron chi connectivity index (χ2n) is 10.5. The third kappa shape index (κ3) is 6.01. The maximum atomic E-state index is 13.9. The van der Waals surface area contributed by atoms with E-state index in [1.807, 2.05) is 43.3 Å². The van der Waals surface area contributed by atoms with Gasteiger partial charge in [-0.3, -0.25) is 4.79 Å². The number of nitriles is 1. The molecule has 0 fully saturated rings. The Balaban J connectivity index is 1.68. The second-order valence-corrected chi connectivity index (χ2v) is 10.9. The van der Waals surface area contributed by atoms with Gasteiger partial charge in [0.15, 0.2) is 17.3 Å². The molecule has 0 atom stereocenters. The van der Waals surface area contributed by atoms with Gasteiger partial charge in [0.1, 0.15) is 12.4 Å². The number of halogens is 1. The van der Waals surface area contributed by atoms with Gasteiger partial charge < -0.3 is 14.2 Å². The Labute approximate surface area is 260 Å². The number of aromatic nitrogens is 2. The lowest BCUT2D eigenvalue weighted by atomic mass is 9.96. The summed E-state index contributed by atoms with van der Waals surface area (Å²) in [6.07, 6.45) is 1.50. The van der Waals surface area contributed by atoms with Crippen molar-refractivity contribution in [2.24, 2.45) is 5.10 Å². The normalized spacial score (nSPS) is 11.2. The predicted octanol–water partition coefficient (Wildman–Crippen LogP) is 7.50. The van der Waals surface area contributed by atoms with E-state index in [1.165, 1.54) is 18.0 Å². The lowest BCUT2D eigenvalue weighted by molar-refractivity contribution is 0.284. The highest BCUT2D eigenvalue weighted by Gasteiger charge is 2.19. The van der Waals surface area contributed by atoms with Gasteiger partial charge in [0.2, 0.25) is 0 Å². The largest absolute Gasteiger partial charge is 0.496 e. The molecule has 0 unspecified atom stereocenters. The van der Waals surface area contributed by atoms with Crippen molar-refractivity contribution in [1.82, 2.24) is 9.66 Å². The maximum absolute atomic E-state index is 13.9. The van der Waals surface area contributed by atoms with Crippen molar-refractivity contribution in [2.75, 3.05) is 14.2 Å². The molecule has 4 aromatic carbocycles. The number of hydrogen-bond acceptors (Lipinski definition) is 7. The fourth-order valence-electron chi connectivity index (χ4n) is 4.99. The van der Waals surface area contributed by atoms with E-state index in [0.717, 1.165) is 22.4 Å². The maximum Gasteiger partial charge on any atom is 0.282 e. The van der Waals surface area contributed by atoms with Crippen LogP contribution >= 0.6 is 11.6 Å². The van der Waals surface area contributed by atoms with Crippen molar-refractivity contribution in [1.29, 1.82) is 5.26 Å². The summed E-state index contributed by atoms with van der Waals surface area (Å²) < 4.78 is 18.7. The average Bonchev–Trinajstić information content (AvgIpc) is 3.03. The molecule has 0 radical (unpaired) electrons. The molecule has 9 heteroatoms. The number of methoxy groups -OCH3 is 2. The molecule has 0 saturated carbocycles. The minimum Gasteiger partial charge on any atom is -0.496 e. The van der Waals surface area contributed by atoms with Crippen LogP contribution in [-0.4, -0.2) is 30.1 Å². The van der Waals surface area contributed by atoms with Gasteiger partial charge in [-0.1, -0.05) is 55.8 Å². The number of ether oxygens (including phenoxy) is 3. The average molecular weight is 607 g/mol. The molecule has 0 aliphatic carbocycles. The van der Waals surface area contributed by atoms with Crippen LogP contribution in [0.1, 0.15) is 47.6 Å². The standard InChI is InChI=1S/C35H31ClN4O4/c1-21(2)28-17-29(22(3)14-31(28)42-4)34-39-30-13-9-8-12-27(30)35(41)40(34)38-19-25-15-26(36)16-32(43-5)33(25)44-20-24-11-7-6-10-23(24)18-37/h6-17,19,21H,20H2,1-5H3. The number of fused-ring (bicyclic) bond motifs is 1. The SMILES string of the molecule is COc1cc(C)c(-c2nc3ccccc3c(=O)n2N=Cc2cc(Cl)cc(OC)c2OCc2ccccc2C#N)cc1C(C)C. The van der Waals surface area contributed by atoms with E-state index in [1.54, 1.807) is 43.5 Å². The molecule has 5 aromatic rings. The van der Waals surface area contributed by atoms with Crippen LogP contribution in [0.15, 0.2) is 82.7 Å². The summed E-state index contributed by atoms with van der Waals surface area (Å²) >= 11 is 6.45. The van der Waals surface area contributed by atoms with Crippen LogP contribution in [0.25, 0.3) is 22.3 Å². The molecule has 0 saturated heterocycles. The van der Waals surface area contributed by atoms with E-state index in [9.17, 15) is 10.1 Å². The van der Waals surface area contributed by atoms with Crippen molar-refractivity contribution in [3.63, 3.8) is 0 Å². The number of aryl methyl sites for hydroxylation is 1. The van der Waals surface area contributed by atoms with Crippen LogP contribution in [0, 0.1) is 18.3 Å². The lowest BCUT2D eigenvalue weighted by Gasteiger charge is -2.17. The summed E-state index contributed by atoms with van der Waals surface area (Å²) in [4.78, 5) is 18.8. The van der Waals surface area contributed by atoms with E-state index in [0.29, 0.717) is 49.9 Å². The highest BCUT2D eigenvalue weighted by molar-refractivity contribution is 6.31. The first-order valence-corrected chi connectivity index (χ1v) is 14.4. The Kier molecular flexibility index (Phi) is 8.98. The summed E-state index contributed by atoms with van der Waals surface area (Å²) in [5, 5.41) is 15.0. The molecule has 1 aromatic heterocycles. The third-order valence-electron chi connectivity index (χ3n) is 7.28. The summed E-state index contributed by atoms with van der Waals surface area (Å²) in [6, 6.07) is 23.8. The molecule has 0 bridgehead atoms. The Morgan fingerprint density at radius 3 is 2.48 bits per heavy atom. The van der Waals surface area contributed by atoms with Gasteiger partial charge in [0, 0.05) is 27.8 Å². The van der Waals surface area contributed by atoms with Gasteiger partial charge in [-0.2, -0.15) is 15.0 Å². The molecular weight excluding hydrogens is 576 g/mol. The number of benzene rings is 4. The Morgan fingerprint density at radius 2 is 1.75 bits per heavy atom. The molecule has 1 heterocycles. The van der Waals surface area contributed by atoms with Gasteiger partial charge in [0.05, 0.1) is 43.0 Å². The molecule has 0 aliphatic rings. The van der Waals surface area contributed by atoms with E-state index >= 15 is 0 Å². The monoisotopic (exact) mass is 606 g/mol. The summed E-state index contributed by atoms with van der Waals surface area (Å²) in [5.74, 6) is 2.06. The zero-order valence-electron chi connectivity index (χ0n) is 25.1. The van der Waals surface area contributed by atoms with Crippen LogP contribution in [-0.2, 0) is 6.61 Å². The smallest absolute Gasteiger partial charge is 0.282 e. The van der Waals surface area contributed by atoms with Crippen molar-refractivity contribution >= 4 is 28.7 Å². The van der Waals surface area contributed by atoms with E-state index < -0.39 is 0 Å². The summed E-state index contributed by atoms with van der Waals surface area (Å²) in [5.41, 5.74) is 4.54. The quantitative estimate of drug-likeness (QED) is 0.161. The fraction of sp³-hybridized carbons (Fsp3) is 0.200. The highest BCUT2D eigenvalue weighted by atomic mass is 35.5.